The predicted molar refractivity (Wildman–Crippen MR) is 80.1 cm³/mol. The molecule has 6 heteroatoms. The van der Waals surface area contributed by atoms with Crippen molar-refractivity contribution in [2.45, 2.75) is 19.9 Å². The van der Waals surface area contributed by atoms with Gasteiger partial charge < -0.3 is 9.84 Å². The van der Waals surface area contributed by atoms with Gasteiger partial charge >= 0.3 is 5.97 Å². The quantitative estimate of drug-likeness (QED) is 0.748. The first-order valence-corrected chi connectivity index (χ1v) is 7.25. The first kappa shape index (κ1) is 17.2. The van der Waals surface area contributed by atoms with E-state index in [1.165, 1.54) is 0 Å². The zero-order chi connectivity index (χ0) is 15.0. The zero-order valence-corrected chi connectivity index (χ0v) is 13.0. The Morgan fingerprint density at radius 3 is 2.70 bits per heavy atom. The molecule has 0 bridgehead atoms. The molecule has 4 nitrogen and oxygen atoms in total. The molecule has 0 spiro atoms. The molecule has 1 aromatic rings. The smallest absolute Gasteiger partial charge is 0.320 e. The normalized spacial score (nSPS) is 10.8. The van der Waals surface area contributed by atoms with Gasteiger partial charge in [0.25, 0.3) is 0 Å². The lowest BCUT2D eigenvalue weighted by Crippen LogP contribution is -2.32. The molecule has 0 atom stereocenters. The van der Waals surface area contributed by atoms with Gasteiger partial charge in [0.15, 0.2) is 0 Å². The number of aliphatic hydroxyl groups excluding tert-OH is 1. The van der Waals surface area contributed by atoms with Crippen LogP contribution in [0.4, 0.5) is 0 Å². The molecule has 112 valence electrons. The molecule has 0 aliphatic carbocycles. The minimum atomic E-state index is -0.273. The number of benzene rings is 1. The van der Waals surface area contributed by atoms with Crippen LogP contribution < -0.4 is 0 Å². The molecule has 0 unspecified atom stereocenters. The molecule has 20 heavy (non-hydrogen) atoms. The van der Waals surface area contributed by atoms with Gasteiger partial charge in [-0.1, -0.05) is 29.3 Å². The molecule has 0 radical (unpaired) electrons. The number of carbonyl (C=O) groups is 1. The Balaban J connectivity index is 2.67. The van der Waals surface area contributed by atoms with E-state index in [1.807, 2.05) is 11.0 Å². The standard InChI is InChI=1S/C14H19Cl2NO3/c1-2-20-14(19)10-17(6-3-7-18)9-11-4-5-12(15)13(16)8-11/h4-5,8,18H,2-3,6-7,9-10H2,1H3. The first-order chi connectivity index (χ1) is 9.56. The Kier molecular flexibility index (Phi) is 7.92. The minimum Gasteiger partial charge on any atom is -0.465 e. The number of nitrogens with zero attached hydrogens (tertiary/aromatic N) is 1. The molecule has 0 aromatic heterocycles. The van der Waals surface area contributed by atoms with Crippen molar-refractivity contribution in [2.24, 2.45) is 0 Å². The predicted octanol–water partition coefficient (Wildman–Crippen LogP) is 2.74. The Labute approximate surface area is 129 Å². The number of ether oxygens (including phenoxy) is 1. The maximum atomic E-state index is 11.6. The van der Waals surface area contributed by atoms with Crippen LogP contribution in [0.5, 0.6) is 0 Å². The third-order valence-corrected chi connectivity index (χ3v) is 3.42. The van der Waals surface area contributed by atoms with Crippen LogP contribution in [0, 0.1) is 0 Å². The number of rotatable bonds is 8. The number of hydrogen-bond acceptors (Lipinski definition) is 4. The monoisotopic (exact) mass is 319 g/mol. The third kappa shape index (κ3) is 6.09. The van der Waals surface area contributed by atoms with Crippen molar-refractivity contribution in [1.82, 2.24) is 4.90 Å². The number of aliphatic hydroxyl groups is 1. The molecule has 0 aliphatic heterocycles. The summed E-state index contributed by atoms with van der Waals surface area (Å²) in [4.78, 5) is 13.5. The van der Waals surface area contributed by atoms with Crippen LogP contribution in [0.15, 0.2) is 18.2 Å². The van der Waals surface area contributed by atoms with E-state index in [9.17, 15) is 4.79 Å². The second-order valence-electron chi connectivity index (χ2n) is 4.34. The van der Waals surface area contributed by atoms with E-state index in [-0.39, 0.29) is 19.1 Å². The van der Waals surface area contributed by atoms with Gasteiger partial charge in [0, 0.05) is 19.7 Å². The summed E-state index contributed by atoms with van der Waals surface area (Å²) in [6.07, 6.45) is 0.598. The van der Waals surface area contributed by atoms with Gasteiger partial charge in [-0.25, -0.2) is 0 Å². The molecular weight excluding hydrogens is 301 g/mol. The van der Waals surface area contributed by atoms with Crippen molar-refractivity contribution in [1.29, 1.82) is 0 Å². The third-order valence-electron chi connectivity index (χ3n) is 2.68. The van der Waals surface area contributed by atoms with Crippen LogP contribution in [0.1, 0.15) is 18.9 Å². The van der Waals surface area contributed by atoms with E-state index in [0.29, 0.717) is 36.2 Å². The largest absolute Gasteiger partial charge is 0.465 e. The second-order valence-corrected chi connectivity index (χ2v) is 5.16. The van der Waals surface area contributed by atoms with Crippen molar-refractivity contribution in [3.8, 4) is 0 Å². The highest BCUT2D eigenvalue weighted by molar-refractivity contribution is 6.42. The topological polar surface area (TPSA) is 49.8 Å². The molecule has 0 fully saturated rings. The lowest BCUT2D eigenvalue weighted by Gasteiger charge is -2.21. The lowest BCUT2D eigenvalue weighted by atomic mass is 10.2. The lowest BCUT2D eigenvalue weighted by molar-refractivity contribution is -0.144. The summed E-state index contributed by atoms with van der Waals surface area (Å²) in [7, 11) is 0. The molecule has 1 N–H and O–H groups in total. The number of halogens is 2. The van der Waals surface area contributed by atoms with Crippen LogP contribution in [0.25, 0.3) is 0 Å². The average Bonchev–Trinajstić information content (AvgIpc) is 2.40. The highest BCUT2D eigenvalue weighted by Gasteiger charge is 2.12. The van der Waals surface area contributed by atoms with Crippen LogP contribution in [-0.4, -0.2) is 42.3 Å². The molecule has 0 saturated carbocycles. The van der Waals surface area contributed by atoms with E-state index in [2.05, 4.69) is 0 Å². The second kappa shape index (κ2) is 9.19. The fourth-order valence-corrected chi connectivity index (χ4v) is 2.11. The van der Waals surface area contributed by atoms with Crippen LogP contribution in [0.2, 0.25) is 10.0 Å². The summed E-state index contributed by atoms with van der Waals surface area (Å²) in [6.45, 7) is 3.56. The fraction of sp³-hybridized carbons (Fsp3) is 0.500. The van der Waals surface area contributed by atoms with E-state index in [0.717, 1.165) is 5.56 Å². The van der Waals surface area contributed by atoms with Gasteiger partial charge in [0.1, 0.15) is 0 Å². The summed E-state index contributed by atoms with van der Waals surface area (Å²) in [5, 5.41) is 9.91. The van der Waals surface area contributed by atoms with E-state index < -0.39 is 0 Å². The Morgan fingerprint density at radius 2 is 2.10 bits per heavy atom. The molecular formula is C14H19Cl2NO3. The van der Waals surface area contributed by atoms with Gasteiger partial charge in [-0.3, -0.25) is 9.69 Å². The molecule has 1 aromatic carbocycles. The van der Waals surface area contributed by atoms with Crippen molar-refractivity contribution < 1.29 is 14.6 Å². The number of hydrogen-bond donors (Lipinski definition) is 1. The van der Waals surface area contributed by atoms with Crippen molar-refractivity contribution in [2.75, 3.05) is 26.3 Å². The van der Waals surface area contributed by atoms with Crippen LogP contribution >= 0.6 is 23.2 Å². The maximum absolute atomic E-state index is 11.6. The van der Waals surface area contributed by atoms with Gasteiger partial charge in [-0.2, -0.15) is 0 Å². The van der Waals surface area contributed by atoms with Gasteiger partial charge in [0.05, 0.1) is 23.2 Å². The van der Waals surface area contributed by atoms with Gasteiger partial charge in [0.2, 0.25) is 0 Å². The summed E-state index contributed by atoms with van der Waals surface area (Å²) in [5.41, 5.74) is 0.960. The van der Waals surface area contributed by atoms with Crippen LogP contribution in [0.3, 0.4) is 0 Å². The summed E-state index contributed by atoms with van der Waals surface area (Å²) < 4.78 is 4.94. The van der Waals surface area contributed by atoms with Gasteiger partial charge in [-0.05, 0) is 31.0 Å². The first-order valence-electron chi connectivity index (χ1n) is 6.49. The molecule has 0 amide bonds. The highest BCUT2D eigenvalue weighted by atomic mass is 35.5. The Hall–Kier alpha value is -0.810. The van der Waals surface area contributed by atoms with Crippen molar-refractivity contribution >= 4 is 29.2 Å². The zero-order valence-electron chi connectivity index (χ0n) is 11.4. The van der Waals surface area contributed by atoms with Gasteiger partial charge in [-0.15, -0.1) is 0 Å². The highest BCUT2D eigenvalue weighted by Crippen LogP contribution is 2.23. The summed E-state index contributed by atoms with van der Waals surface area (Å²) in [5.74, 6) is -0.273. The maximum Gasteiger partial charge on any atom is 0.320 e. The van der Waals surface area contributed by atoms with E-state index in [4.69, 9.17) is 33.0 Å². The van der Waals surface area contributed by atoms with E-state index >= 15 is 0 Å². The Bertz CT molecular complexity index is 440. The van der Waals surface area contributed by atoms with Crippen molar-refractivity contribution in [3.63, 3.8) is 0 Å². The summed E-state index contributed by atoms with van der Waals surface area (Å²) >= 11 is 11.8. The minimum absolute atomic E-state index is 0.0840. The fourth-order valence-electron chi connectivity index (χ4n) is 1.79. The van der Waals surface area contributed by atoms with E-state index in [1.54, 1.807) is 19.1 Å². The van der Waals surface area contributed by atoms with Crippen LogP contribution in [-0.2, 0) is 16.1 Å². The molecule has 0 aliphatic rings. The molecule has 0 saturated heterocycles. The Morgan fingerprint density at radius 1 is 1.35 bits per heavy atom. The average molecular weight is 320 g/mol. The number of esters is 1. The summed E-state index contributed by atoms with van der Waals surface area (Å²) in [6, 6.07) is 5.38. The SMILES string of the molecule is CCOC(=O)CN(CCCO)Cc1ccc(Cl)c(Cl)c1. The molecule has 0 heterocycles. The molecule has 1 rings (SSSR count). The van der Waals surface area contributed by atoms with Crippen molar-refractivity contribution in [3.05, 3.63) is 33.8 Å². The number of carbonyl (C=O) groups excluding carboxylic acids is 1.